The zero-order chi connectivity index (χ0) is 12.1. The van der Waals surface area contributed by atoms with E-state index < -0.39 is 12.0 Å². The van der Waals surface area contributed by atoms with Crippen LogP contribution in [-0.4, -0.2) is 47.7 Å². The molecule has 1 N–H and O–H groups in total. The van der Waals surface area contributed by atoms with Crippen molar-refractivity contribution >= 4 is 11.9 Å². The van der Waals surface area contributed by atoms with E-state index in [0.29, 0.717) is 25.8 Å². The first-order valence-electron chi connectivity index (χ1n) is 5.61. The van der Waals surface area contributed by atoms with Crippen LogP contribution in [0, 0.1) is 0 Å². The number of hydrogen-bond donors (Lipinski definition) is 1. The van der Waals surface area contributed by atoms with E-state index in [1.807, 2.05) is 6.92 Å². The number of rotatable bonds is 5. The Hall–Kier alpha value is -1.10. The number of nitrogens with zero attached hydrogens (tertiary/aromatic N) is 1. The third-order valence-electron chi connectivity index (χ3n) is 3.03. The maximum Gasteiger partial charge on any atom is 0.326 e. The van der Waals surface area contributed by atoms with Crippen LogP contribution in [0.5, 0.6) is 0 Å². The van der Waals surface area contributed by atoms with Gasteiger partial charge in [-0.25, -0.2) is 4.79 Å². The fourth-order valence-corrected chi connectivity index (χ4v) is 1.91. The minimum absolute atomic E-state index is 0.0369. The molecule has 1 fully saturated rings. The summed E-state index contributed by atoms with van der Waals surface area (Å²) in [5.41, 5.74) is 0. The Morgan fingerprint density at radius 3 is 2.81 bits per heavy atom. The van der Waals surface area contributed by atoms with Crippen LogP contribution in [0.15, 0.2) is 0 Å². The topological polar surface area (TPSA) is 66.8 Å². The molecular weight excluding hydrogens is 210 g/mol. The fourth-order valence-electron chi connectivity index (χ4n) is 1.91. The summed E-state index contributed by atoms with van der Waals surface area (Å²) >= 11 is 0. The third kappa shape index (κ3) is 3.20. The number of carbonyl (C=O) groups is 2. The highest BCUT2D eigenvalue weighted by Gasteiger charge is 2.33. The Balaban J connectivity index is 2.44. The minimum atomic E-state index is -0.898. The Bertz CT molecular complexity index is 267. The highest BCUT2D eigenvalue weighted by Crippen LogP contribution is 2.19. The summed E-state index contributed by atoms with van der Waals surface area (Å²) in [4.78, 5) is 24.2. The van der Waals surface area contributed by atoms with Crippen LogP contribution in [0.3, 0.4) is 0 Å². The molecule has 5 heteroatoms. The first kappa shape index (κ1) is 13.0. The van der Waals surface area contributed by atoms with Crippen LogP contribution >= 0.6 is 0 Å². The molecule has 0 saturated carbocycles. The highest BCUT2D eigenvalue weighted by atomic mass is 16.5. The number of ether oxygens (including phenoxy) is 1. The third-order valence-corrected chi connectivity index (χ3v) is 3.03. The monoisotopic (exact) mass is 229 g/mol. The molecule has 1 saturated heterocycles. The molecule has 0 aliphatic carbocycles. The number of aliphatic carboxylic acids is 1. The van der Waals surface area contributed by atoms with Gasteiger partial charge >= 0.3 is 5.97 Å². The first-order valence-corrected chi connectivity index (χ1v) is 5.61. The molecule has 0 aromatic rings. The van der Waals surface area contributed by atoms with Gasteiger partial charge in [0.2, 0.25) is 5.91 Å². The fraction of sp³-hybridized carbons (Fsp3) is 0.818. The molecule has 0 aromatic carbocycles. The summed E-state index contributed by atoms with van der Waals surface area (Å²) in [6.07, 6.45) is 2.38. The van der Waals surface area contributed by atoms with E-state index in [0.717, 1.165) is 6.42 Å². The standard InChI is InChI=1S/C11H19NO4/c1-8(16-2)5-6-10(13)12-7-3-4-9(12)11(14)15/h8-9H,3-7H2,1-2H3,(H,14,15). The Morgan fingerprint density at radius 2 is 2.25 bits per heavy atom. The number of carboxylic acids is 1. The van der Waals surface area contributed by atoms with Gasteiger partial charge in [-0.1, -0.05) is 0 Å². The number of methoxy groups -OCH3 is 1. The van der Waals surface area contributed by atoms with Crippen LogP contribution < -0.4 is 0 Å². The van der Waals surface area contributed by atoms with Crippen LogP contribution in [0.4, 0.5) is 0 Å². The van der Waals surface area contributed by atoms with Crippen molar-refractivity contribution < 1.29 is 19.4 Å². The molecule has 2 unspecified atom stereocenters. The normalized spacial score (nSPS) is 22.1. The molecule has 0 spiro atoms. The quantitative estimate of drug-likeness (QED) is 0.759. The second kappa shape index (κ2) is 5.84. The number of carboxylic acid groups (broad SMARTS) is 1. The van der Waals surface area contributed by atoms with Crippen molar-refractivity contribution in [2.24, 2.45) is 0 Å². The number of hydrogen-bond acceptors (Lipinski definition) is 3. The lowest BCUT2D eigenvalue weighted by Gasteiger charge is -2.22. The zero-order valence-electron chi connectivity index (χ0n) is 9.81. The van der Waals surface area contributed by atoms with E-state index in [2.05, 4.69) is 0 Å². The molecule has 0 bridgehead atoms. The van der Waals surface area contributed by atoms with Crippen LogP contribution in [0.1, 0.15) is 32.6 Å². The van der Waals surface area contributed by atoms with Crippen molar-refractivity contribution in [2.45, 2.75) is 44.8 Å². The highest BCUT2D eigenvalue weighted by molar-refractivity contribution is 5.84. The van der Waals surface area contributed by atoms with Gasteiger partial charge in [-0.2, -0.15) is 0 Å². The zero-order valence-corrected chi connectivity index (χ0v) is 9.81. The summed E-state index contributed by atoms with van der Waals surface area (Å²) in [7, 11) is 1.60. The SMILES string of the molecule is COC(C)CCC(=O)N1CCCC1C(=O)O. The lowest BCUT2D eigenvalue weighted by molar-refractivity contribution is -0.148. The number of carbonyl (C=O) groups excluding carboxylic acids is 1. The van der Waals surface area contributed by atoms with Crippen LogP contribution in [-0.2, 0) is 14.3 Å². The Labute approximate surface area is 95.4 Å². The van der Waals surface area contributed by atoms with Gasteiger partial charge in [-0.05, 0) is 26.2 Å². The van der Waals surface area contributed by atoms with Gasteiger partial charge in [0, 0.05) is 20.1 Å². The Morgan fingerprint density at radius 1 is 1.56 bits per heavy atom. The average molecular weight is 229 g/mol. The summed E-state index contributed by atoms with van der Waals surface area (Å²) < 4.78 is 5.05. The second-order valence-corrected chi connectivity index (χ2v) is 4.17. The van der Waals surface area contributed by atoms with E-state index in [-0.39, 0.29) is 12.0 Å². The van der Waals surface area contributed by atoms with Crippen molar-refractivity contribution in [2.75, 3.05) is 13.7 Å². The predicted molar refractivity (Wildman–Crippen MR) is 58.1 cm³/mol. The van der Waals surface area contributed by atoms with Gasteiger partial charge in [-0.15, -0.1) is 0 Å². The largest absolute Gasteiger partial charge is 0.480 e. The van der Waals surface area contributed by atoms with Crippen molar-refractivity contribution in [3.8, 4) is 0 Å². The van der Waals surface area contributed by atoms with E-state index in [1.54, 1.807) is 7.11 Å². The molecule has 1 heterocycles. The van der Waals surface area contributed by atoms with Crippen molar-refractivity contribution in [3.05, 3.63) is 0 Å². The van der Waals surface area contributed by atoms with Gasteiger partial charge in [0.05, 0.1) is 6.10 Å². The van der Waals surface area contributed by atoms with Crippen LogP contribution in [0.2, 0.25) is 0 Å². The number of amides is 1. The molecule has 1 aliphatic heterocycles. The molecule has 5 nitrogen and oxygen atoms in total. The van der Waals surface area contributed by atoms with Gasteiger partial charge in [0.1, 0.15) is 6.04 Å². The molecule has 0 aromatic heterocycles. The molecule has 2 atom stereocenters. The lowest BCUT2D eigenvalue weighted by atomic mass is 10.2. The lowest BCUT2D eigenvalue weighted by Crippen LogP contribution is -2.40. The van der Waals surface area contributed by atoms with Crippen molar-refractivity contribution in [1.82, 2.24) is 4.90 Å². The molecule has 92 valence electrons. The summed E-state index contributed by atoms with van der Waals surface area (Å²) in [6, 6.07) is -0.620. The van der Waals surface area contributed by atoms with E-state index >= 15 is 0 Å². The summed E-state index contributed by atoms with van der Waals surface area (Å²) in [6.45, 7) is 2.46. The van der Waals surface area contributed by atoms with E-state index in [9.17, 15) is 9.59 Å². The molecular formula is C11H19NO4. The van der Waals surface area contributed by atoms with Crippen molar-refractivity contribution in [3.63, 3.8) is 0 Å². The van der Waals surface area contributed by atoms with Gasteiger partial charge in [-0.3, -0.25) is 4.79 Å². The minimum Gasteiger partial charge on any atom is -0.480 e. The number of likely N-dealkylation sites (tertiary alicyclic amines) is 1. The Kier molecular flexibility index (Phi) is 4.73. The van der Waals surface area contributed by atoms with Gasteiger partial charge in [0.15, 0.2) is 0 Å². The van der Waals surface area contributed by atoms with Gasteiger partial charge < -0.3 is 14.7 Å². The summed E-state index contributed by atoms with van der Waals surface area (Å²) in [5, 5.41) is 8.94. The molecule has 0 radical (unpaired) electrons. The second-order valence-electron chi connectivity index (χ2n) is 4.17. The van der Waals surface area contributed by atoms with Crippen LogP contribution in [0.25, 0.3) is 0 Å². The molecule has 16 heavy (non-hydrogen) atoms. The smallest absolute Gasteiger partial charge is 0.326 e. The molecule has 1 aliphatic rings. The molecule has 1 rings (SSSR count). The van der Waals surface area contributed by atoms with E-state index in [1.165, 1.54) is 4.90 Å². The van der Waals surface area contributed by atoms with Crippen molar-refractivity contribution in [1.29, 1.82) is 0 Å². The predicted octanol–water partition coefficient (Wildman–Crippen LogP) is 0.877. The van der Waals surface area contributed by atoms with Gasteiger partial charge in [0.25, 0.3) is 0 Å². The maximum absolute atomic E-state index is 11.8. The maximum atomic E-state index is 11.8. The molecule has 1 amide bonds. The average Bonchev–Trinajstić information content (AvgIpc) is 2.74. The van der Waals surface area contributed by atoms with E-state index in [4.69, 9.17) is 9.84 Å². The first-order chi connectivity index (χ1) is 7.56. The summed E-state index contributed by atoms with van der Waals surface area (Å²) in [5.74, 6) is -0.973.